The van der Waals surface area contributed by atoms with Crippen LogP contribution in [0, 0.1) is 0 Å². The average Bonchev–Trinajstić information content (AvgIpc) is 2.98. The molecular formula is C13H15N3O3S. The number of thioether (sulfide) groups is 1. The van der Waals surface area contributed by atoms with Crippen LogP contribution < -0.4 is 0 Å². The van der Waals surface area contributed by atoms with Gasteiger partial charge in [-0.3, -0.25) is 4.79 Å². The van der Waals surface area contributed by atoms with Crippen LogP contribution in [-0.4, -0.2) is 41.9 Å². The Balaban J connectivity index is 2.03. The Morgan fingerprint density at radius 2 is 2.05 bits per heavy atom. The van der Waals surface area contributed by atoms with E-state index < -0.39 is 12.2 Å². The first-order valence-electron chi connectivity index (χ1n) is 6.02. The second kappa shape index (κ2) is 6.65. The second-order valence-corrected chi connectivity index (χ2v) is 5.44. The smallest absolute Gasteiger partial charge is 0.185 e. The molecule has 1 aromatic carbocycles. The first kappa shape index (κ1) is 14.7. The van der Waals surface area contributed by atoms with Crippen molar-refractivity contribution in [1.29, 1.82) is 0 Å². The van der Waals surface area contributed by atoms with E-state index in [0.29, 0.717) is 5.56 Å². The van der Waals surface area contributed by atoms with Crippen LogP contribution in [0.15, 0.2) is 36.9 Å². The molecule has 0 aliphatic rings. The minimum absolute atomic E-state index is 0.0854. The van der Waals surface area contributed by atoms with E-state index in [9.17, 15) is 15.0 Å². The molecule has 2 N–H and O–H groups in total. The second-order valence-electron chi connectivity index (χ2n) is 4.25. The van der Waals surface area contributed by atoms with E-state index in [1.54, 1.807) is 35.3 Å². The third-order valence-corrected chi connectivity index (χ3v) is 3.65. The summed E-state index contributed by atoms with van der Waals surface area (Å²) in [6.45, 7) is 1.43. The average molecular weight is 293 g/mol. The summed E-state index contributed by atoms with van der Waals surface area (Å²) in [5.41, 5.74) is 1.40. The van der Waals surface area contributed by atoms with Crippen LogP contribution in [0.3, 0.4) is 0 Å². The number of aliphatic hydroxyl groups is 2. The molecule has 0 saturated heterocycles. The third kappa shape index (κ3) is 3.66. The fourth-order valence-corrected chi connectivity index (χ4v) is 2.27. The number of nitrogens with zero attached hydrogens (tertiary/aromatic N) is 3. The molecule has 0 fully saturated rings. The number of hydrogen-bond acceptors (Lipinski definition) is 6. The van der Waals surface area contributed by atoms with E-state index in [2.05, 4.69) is 10.1 Å². The van der Waals surface area contributed by atoms with E-state index in [1.165, 1.54) is 13.3 Å². The molecule has 0 spiro atoms. The van der Waals surface area contributed by atoms with Crippen molar-refractivity contribution in [2.24, 2.45) is 0 Å². The Morgan fingerprint density at radius 1 is 1.35 bits per heavy atom. The van der Waals surface area contributed by atoms with Crippen LogP contribution in [-0.2, 0) is 4.79 Å². The fourth-order valence-electron chi connectivity index (χ4n) is 1.68. The lowest BCUT2D eigenvalue weighted by atomic mass is 10.1. The van der Waals surface area contributed by atoms with Crippen molar-refractivity contribution >= 4 is 16.9 Å². The summed E-state index contributed by atoms with van der Waals surface area (Å²) >= 11 is 0.992. The minimum Gasteiger partial charge on any atom is -0.389 e. The lowest BCUT2D eigenvalue weighted by Crippen LogP contribution is -2.21. The van der Waals surface area contributed by atoms with Gasteiger partial charge in [0.15, 0.2) is 5.12 Å². The number of carbonyl (C=O) groups excluding carboxylic acids is 1. The van der Waals surface area contributed by atoms with Gasteiger partial charge >= 0.3 is 0 Å². The number of aliphatic hydroxyl groups excluding tert-OH is 2. The Labute approximate surface area is 120 Å². The lowest BCUT2D eigenvalue weighted by Gasteiger charge is -2.17. The van der Waals surface area contributed by atoms with Crippen molar-refractivity contribution in [3.05, 3.63) is 42.5 Å². The van der Waals surface area contributed by atoms with Gasteiger partial charge in [0.25, 0.3) is 0 Å². The first-order valence-corrected chi connectivity index (χ1v) is 7.01. The molecule has 20 heavy (non-hydrogen) atoms. The minimum atomic E-state index is -1.02. The quantitative estimate of drug-likeness (QED) is 0.853. The maximum atomic E-state index is 10.8. The topological polar surface area (TPSA) is 88.2 Å². The molecule has 2 rings (SSSR count). The Kier molecular flexibility index (Phi) is 4.89. The van der Waals surface area contributed by atoms with Gasteiger partial charge in [0.1, 0.15) is 18.8 Å². The molecule has 0 amide bonds. The molecule has 7 heteroatoms. The summed E-state index contributed by atoms with van der Waals surface area (Å²) in [7, 11) is 0. The highest BCUT2D eigenvalue weighted by molar-refractivity contribution is 8.13. The summed E-state index contributed by atoms with van der Waals surface area (Å²) in [6, 6.07) is 6.98. The SMILES string of the molecule is CC(=O)SCC(O)C(O)c1ccc(-n2cncn2)cc1. The number of benzene rings is 1. The summed E-state index contributed by atoms with van der Waals surface area (Å²) in [4.78, 5) is 14.7. The molecule has 2 unspecified atom stereocenters. The first-order chi connectivity index (χ1) is 9.58. The monoisotopic (exact) mass is 293 g/mol. The molecule has 1 aromatic heterocycles. The molecule has 0 aliphatic heterocycles. The van der Waals surface area contributed by atoms with Gasteiger partial charge in [-0.05, 0) is 17.7 Å². The maximum Gasteiger partial charge on any atom is 0.185 e. The Bertz CT molecular complexity index is 557. The van der Waals surface area contributed by atoms with Gasteiger partial charge in [0.05, 0.1) is 11.8 Å². The highest BCUT2D eigenvalue weighted by Gasteiger charge is 2.19. The largest absolute Gasteiger partial charge is 0.389 e. The standard InChI is InChI=1S/C13H15N3O3S/c1-9(17)20-6-12(18)13(19)10-2-4-11(5-3-10)16-8-14-7-15-16/h2-5,7-8,12-13,18-19H,6H2,1H3. The van der Waals surface area contributed by atoms with E-state index in [1.807, 2.05) is 0 Å². The number of aromatic nitrogens is 3. The molecular weight excluding hydrogens is 278 g/mol. The van der Waals surface area contributed by atoms with E-state index >= 15 is 0 Å². The Hall–Kier alpha value is -1.70. The number of carbonyl (C=O) groups is 1. The van der Waals surface area contributed by atoms with Crippen molar-refractivity contribution in [3.63, 3.8) is 0 Å². The predicted octanol–water partition coefficient (Wildman–Crippen LogP) is 0.941. The zero-order valence-electron chi connectivity index (χ0n) is 10.9. The van der Waals surface area contributed by atoms with Crippen LogP contribution in [0.1, 0.15) is 18.6 Å². The zero-order valence-corrected chi connectivity index (χ0v) is 11.7. The van der Waals surface area contributed by atoms with Crippen LogP contribution in [0.4, 0.5) is 0 Å². The van der Waals surface area contributed by atoms with Crippen molar-refractivity contribution in [2.75, 3.05) is 5.75 Å². The van der Waals surface area contributed by atoms with Crippen molar-refractivity contribution in [3.8, 4) is 5.69 Å². The zero-order chi connectivity index (χ0) is 14.5. The normalized spacial score (nSPS) is 13.9. The van der Waals surface area contributed by atoms with Gasteiger partial charge in [0.2, 0.25) is 0 Å². The van der Waals surface area contributed by atoms with Crippen molar-refractivity contribution in [1.82, 2.24) is 14.8 Å². The molecule has 106 valence electrons. The summed E-state index contributed by atoms with van der Waals surface area (Å²) in [6.07, 6.45) is 1.00. The maximum absolute atomic E-state index is 10.8. The predicted molar refractivity (Wildman–Crippen MR) is 75.5 cm³/mol. The van der Waals surface area contributed by atoms with E-state index in [4.69, 9.17) is 0 Å². The molecule has 0 aliphatic carbocycles. The van der Waals surface area contributed by atoms with Crippen LogP contribution in [0.2, 0.25) is 0 Å². The van der Waals surface area contributed by atoms with Crippen molar-refractivity contribution < 1.29 is 15.0 Å². The van der Waals surface area contributed by atoms with Crippen LogP contribution in [0.5, 0.6) is 0 Å². The Morgan fingerprint density at radius 3 is 2.60 bits per heavy atom. The molecule has 6 nitrogen and oxygen atoms in total. The molecule has 0 radical (unpaired) electrons. The van der Waals surface area contributed by atoms with E-state index in [0.717, 1.165) is 17.4 Å². The molecule has 2 atom stereocenters. The van der Waals surface area contributed by atoms with Gasteiger partial charge in [-0.25, -0.2) is 9.67 Å². The number of hydrogen-bond donors (Lipinski definition) is 2. The lowest BCUT2D eigenvalue weighted by molar-refractivity contribution is -0.109. The van der Waals surface area contributed by atoms with Crippen molar-refractivity contribution in [2.45, 2.75) is 19.1 Å². The van der Waals surface area contributed by atoms with Gasteiger partial charge < -0.3 is 10.2 Å². The fraction of sp³-hybridized carbons (Fsp3) is 0.308. The highest BCUT2D eigenvalue weighted by Crippen LogP contribution is 2.21. The van der Waals surface area contributed by atoms with E-state index in [-0.39, 0.29) is 10.9 Å². The van der Waals surface area contributed by atoms with Gasteiger partial charge in [-0.1, -0.05) is 23.9 Å². The summed E-state index contributed by atoms with van der Waals surface area (Å²) in [5.74, 6) is 0.168. The molecule has 2 aromatic rings. The van der Waals surface area contributed by atoms with Crippen LogP contribution >= 0.6 is 11.8 Å². The molecule has 1 heterocycles. The third-order valence-electron chi connectivity index (χ3n) is 2.74. The van der Waals surface area contributed by atoms with Gasteiger partial charge in [-0.15, -0.1) is 0 Å². The molecule has 0 saturated carbocycles. The van der Waals surface area contributed by atoms with Gasteiger partial charge in [-0.2, -0.15) is 5.10 Å². The number of rotatable bonds is 5. The summed E-state index contributed by atoms with van der Waals surface area (Å²) in [5, 5.41) is 23.7. The summed E-state index contributed by atoms with van der Waals surface area (Å²) < 4.78 is 1.60. The van der Waals surface area contributed by atoms with Crippen LogP contribution in [0.25, 0.3) is 5.69 Å². The van der Waals surface area contributed by atoms with Gasteiger partial charge in [0, 0.05) is 12.7 Å². The molecule has 0 bridgehead atoms. The highest BCUT2D eigenvalue weighted by atomic mass is 32.2.